The van der Waals surface area contributed by atoms with Crippen molar-refractivity contribution in [1.29, 1.82) is 0 Å². The summed E-state index contributed by atoms with van der Waals surface area (Å²) in [5, 5.41) is 15.7. The Balaban J connectivity index is 1.27. The molecule has 142 valence electrons. The number of nitrogens with zero attached hydrogens (tertiary/aromatic N) is 3. The van der Waals surface area contributed by atoms with E-state index < -0.39 is 11.9 Å². The van der Waals surface area contributed by atoms with Gasteiger partial charge in [0.05, 0.1) is 5.92 Å². The predicted molar refractivity (Wildman–Crippen MR) is 93.4 cm³/mol. The Hall–Kier alpha value is -3.10. The molecule has 1 aromatic carbocycles. The van der Waals surface area contributed by atoms with Crippen LogP contribution in [0.1, 0.15) is 36.9 Å². The van der Waals surface area contributed by atoms with Crippen molar-refractivity contribution in [1.82, 2.24) is 15.0 Å². The van der Waals surface area contributed by atoms with Crippen LogP contribution in [-0.4, -0.2) is 45.2 Å². The van der Waals surface area contributed by atoms with Crippen molar-refractivity contribution in [3.8, 4) is 5.75 Å². The fraction of sp³-hybridized carbons (Fsp3) is 0.444. The first-order chi connectivity index (χ1) is 13.1. The lowest BCUT2D eigenvalue weighted by molar-refractivity contribution is -0.141. The molecule has 1 saturated carbocycles. The Morgan fingerprint density at radius 2 is 2.04 bits per heavy atom. The summed E-state index contributed by atoms with van der Waals surface area (Å²) in [6.45, 7) is 0.889. The molecule has 1 atom stereocenters. The average Bonchev–Trinajstić information content (AvgIpc) is 3.20. The third-order valence-electron chi connectivity index (χ3n) is 4.71. The molecule has 0 spiro atoms. The number of carbonyl (C=O) groups is 2. The molecule has 1 unspecified atom stereocenters. The van der Waals surface area contributed by atoms with Crippen molar-refractivity contribution in [2.75, 3.05) is 18.4 Å². The number of carboxylic acids is 1. The molecule has 1 saturated heterocycles. The molecule has 2 aliphatic rings. The van der Waals surface area contributed by atoms with Gasteiger partial charge in [0, 0.05) is 24.7 Å². The quantitative estimate of drug-likeness (QED) is 0.799. The number of carboxylic acid groups (broad SMARTS) is 1. The molecule has 0 radical (unpaired) electrons. The predicted octanol–water partition coefficient (Wildman–Crippen LogP) is 2.46. The van der Waals surface area contributed by atoms with Gasteiger partial charge in [-0.2, -0.15) is 4.98 Å². The largest absolute Gasteiger partial charge is 0.485 e. The number of hydrogen-bond acceptors (Lipinski definition) is 6. The first-order valence-corrected chi connectivity index (χ1v) is 8.92. The molecule has 1 aliphatic carbocycles. The zero-order chi connectivity index (χ0) is 18.8. The molecule has 27 heavy (non-hydrogen) atoms. The third kappa shape index (κ3) is 4.18. The maximum Gasteiger partial charge on any atom is 0.321 e. The number of carbonyl (C=O) groups excluding carboxylic acids is 1. The topological polar surface area (TPSA) is 118 Å². The first kappa shape index (κ1) is 17.3. The van der Waals surface area contributed by atoms with E-state index in [1.54, 1.807) is 24.3 Å². The van der Waals surface area contributed by atoms with Crippen LogP contribution < -0.4 is 10.1 Å². The van der Waals surface area contributed by atoms with Crippen molar-refractivity contribution >= 4 is 17.7 Å². The van der Waals surface area contributed by atoms with Gasteiger partial charge < -0.3 is 24.6 Å². The Bertz CT molecular complexity index is 831. The second kappa shape index (κ2) is 7.26. The van der Waals surface area contributed by atoms with Crippen molar-refractivity contribution < 1.29 is 24.0 Å². The van der Waals surface area contributed by atoms with Crippen molar-refractivity contribution in [3.05, 3.63) is 36.0 Å². The third-order valence-corrected chi connectivity index (χ3v) is 4.71. The van der Waals surface area contributed by atoms with Gasteiger partial charge in [0.1, 0.15) is 5.75 Å². The van der Waals surface area contributed by atoms with Crippen LogP contribution in [0.5, 0.6) is 5.75 Å². The average molecular weight is 372 g/mol. The summed E-state index contributed by atoms with van der Waals surface area (Å²) >= 11 is 0. The highest BCUT2D eigenvalue weighted by atomic mass is 16.5. The van der Waals surface area contributed by atoms with Crippen LogP contribution >= 0.6 is 0 Å². The van der Waals surface area contributed by atoms with Gasteiger partial charge in [0.2, 0.25) is 11.7 Å². The monoisotopic (exact) mass is 372 g/mol. The van der Waals surface area contributed by atoms with Crippen LogP contribution in [0, 0.1) is 5.92 Å². The van der Waals surface area contributed by atoms with Crippen LogP contribution in [0.25, 0.3) is 0 Å². The number of aliphatic carboxylic acids is 1. The Labute approximate surface area is 155 Å². The van der Waals surface area contributed by atoms with E-state index in [4.69, 9.17) is 14.4 Å². The molecule has 2 N–H and O–H groups in total. The van der Waals surface area contributed by atoms with Crippen molar-refractivity contribution in [2.24, 2.45) is 5.92 Å². The minimum Gasteiger partial charge on any atom is -0.485 e. The summed E-state index contributed by atoms with van der Waals surface area (Å²) in [5.41, 5.74) is 0.613. The molecule has 2 amide bonds. The number of rotatable bonds is 6. The zero-order valence-corrected chi connectivity index (χ0v) is 14.6. The highest BCUT2D eigenvalue weighted by Gasteiger charge is 2.31. The Kier molecular flexibility index (Phi) is 4.66. The second-order valence-electron chi connectivity index (χ2n) is 6.84. The number of anilines is 1. The molecule has 2 aromatic rings. The van der Waals surface area contributed by atoms with Crippen LogP contribution in [0.4, 0.5) is 10.5 Å². The molecular weight excluding hydrogens is 352 g/mol. The summed E-state index contributed by atoms with van der Waals surface area (Å²) in [6.07, 6.45) is 2.68. The molecule has 2 fully saturated rings. The summed E-state index contributed by atoms with van der Waals surface area (Å²) < 4.78 is 10.8. The molecule has 4 rings (SSSR count). The highest BCUT2D eigenvalue weighted by Crippen LogP contribution is 2.38. The lowest BCUT2D eigenvalue weighted by Gasteiger charge is -2.16. The number of amides is 2. The number of aromatic nitrogens is 2. The molecule has 1 aromatic heterocycles. The van der Waals surface area contributed by atoms with Gasteiger partial charge in [-0.15, -0.1) is 0 Å². The number of benzene rings is 1. The maximum atomic E-state index is 12.2. The Morgan fingerprint density at radius 1 is 1.26 bits per heavy atom. The van der Waals surface area contributed by atoms with E-state index in [-0.39, 0.29) is 19.2 Å². The normalized spacial score (nSPS) is 19.1. The molecule has 2 heterocycles. The van der Waals surface area contributed by atoms with E-state index in [9.17, 15) is 9.59 Å². The second-order valence-corrected chi connectivity index (χ2v) is 6.84. The van der Waals surface area contributed by atoms with E-state index in [0.29, 0.717) is 42.0 Å². The van der Waals surface area contributed by atoms with Gasteiger partial charge in [0.15, 0.2) is 6.61 Å². The number of nitrogens with one attached hydrogen (secondary N) is 1. The molecule has 0 bridgehead atoms. The fourth-order valence-corrected chi connectivity index (χ4v) is 2.95. The van der Waals surface area contributed by atoms with Gasteiger partial charge in [-0.25, -0.2) is 4.79 Å². The minimum absolute atomic E-state index is 0.215. The van der Waals surface area contributed by atoms with Crippen molar-refractivity contribution in [3.63, 3.8) is 0 Å². The highest BCUT2D eigenvalue weighted by molar-refractivity contribution is 5.90. The van der Waals surface area contributed by atoms with Crippen molar-refractivity contribution in [2.45, 2.75) is 31.8 Å². The van der Waals surface area contributed by atoms with Crippen LogP contribution in [0.2, 0.25) is 0 Å². The van der Waals surface area contributed by atoms with E-state index in [0.717, 1.165) is 12.8 Å². The fourth-order valence-electron chi connectivity index (χ4n) is 2.95. The summed E-state index contributed by atoms with van der Waals surface area (Å²) in [5.74, 6) is 0.873. The standard InChI is InChI=1S/C18H20N4O5/c23-17(24)12-7-8-22(9-12)18(25)19-13-3-5-14(6-4-13)26-10-15-20-16(27-21-15)11-1-2-11/h3-6,11-12H,1-2,7-10H2,(H,19,25)(H,23,24). The van der Waals surface area contributed by atoms with Gasteiger partial charge in [0.25, 0.3) is 0 Å². The SMILES string of the molecule is O=C(O)C1CCN(C(=O)Nc2ccc(OCc3noc(C4CC4)n3)cc2)C1. The van der Waals surface area contributed by atoms with Crippen LogP contribution in [0.15, 0.2) is 28.8 Å². The zero-order valence-electron chi connectivity index (χ0n) is 14.6. The lowest BCUT2D eigenvalue weighted by Crippen LogP contribution is -2.33. The lowest BCUT2D eigenvalue weighted by atomic mass is 10.1. The van der Waals surface area contributed by atoms with E-state index in [2.05, 4.69) is 15.5 Å². The number of ether oxygens (including phenoxy) is 1. The number of urea groups is 1. The molecule has 1 aliphatic heterocycles. The van der Waals surface area contributed by atoms with E-state index >= 15 is 0 Å². The molecule has 9 heteroatoms. The van der Waals surface area contributed by atoms with Gasteiger partial charge in [-0.05, 0) is 43.5 Å². The van der Waals surface area contributed by atoms with Gasteiger partial charge >= 0.3 is 12.0 Å². The summed E-state index contributed by atoms with van der Waals surface area (Å²) in [7, 11) is 0. The van der Waals surface area contributed by atoms with Gasteiger partial charge in [-0.3, -0.25) is 4.79 Å². The number of likely N-dealkylation sites (tertiary alicyclic amines) is 1. The first-order valence-electron chi connectivity index (χ1n) is 8.92. The van der Waals surface area contributed by atoms with E-state index in [1.807, 2.05) is 0 Å². The van der Waals surface area contributed by atoms with Gasteiger partial charge in [-0.1, -0.05) is 5.16 Å². The Morgan fingerprint density at radius 3 is 2.70 bits per heavy atom. The smallest absolute Gasteiger partial charge is 0.321 e. The minimum atomic E-state index is -0.863. The summed E-state index contributed by atoms with van der Waals surface area (Å²) in [6, 6.07) is 6.63. The van der Waals surface area contributed by atoms with Crippen LogP contribution in [-0.2, 0) is 11.4 Å². The maximum absolute atomic E-state index is 12.2. The van der Waals surface area contributed by atoms with Crippen LogP contribution in [0.3, 0.4) is 0 Å². The molecule has 9 nitrogen and oxygen atoms in total. The molecular formula is C18H20N4O5. The summed E-state index contributed by atoms with van der Waals surface area (Å²) in [4.78, 5) is 29.0. The van der Waals surface area contributed by atoms with E-state index in [1.165, 1.54) is 4.90 Å². The number of hydrogen-bond donors (Lipinski definition) is 2.